The van der Waals surface area contributed by atoms with Crippen LogP contribution in [0.4, 0.5) is 0 Å². The lowest BCUT2D eigenvalue weighted by atomic mass is 10.1. The molecule has 6 heteroatoms. The molecule has 0 spiro atoms. The maximum absolute atomic E-state index is 10.9. The summed E-state index contributed by atoms with van der Waals surface area (Å²) in [6.07, 6.45) is 2.09. The highest BCUT2D eigenvalue weighted by Crippen LogP contribution is 2.38. The fourth-order valence-electron chi connectivity index (χ4n) is 2.53. The first-order chi connectivity index (χ1) is 9.15. The number of nitrogens with zero attached hydrogens (tertiary/aromatic N) is 2. The fourth-order valence-corrected chi connectivity index (χ4v) is 3.36. The van der Waals surface area contributed by atoms with Crippen LogP contribution in [0.1, 0.15) is 36.6 Å². The minimum Gasteiger partial charge on any atom is -0.481 e. The molecule has 1 aliphatic rings. The van der Waals surface area contributed by atoms with Crippen LogP contribution in [0.5, 0.6) is 0 Å². The topological polar surface area (TPSA) is 76.2 Å². The molecule has 1 fully saturated rings. The van der Waals surface area contributed by atoms with Crippen molar-refractivity contribution in [2.24, 2.45) is 5.92 Å². The van der Waals surface area contributed by atoms with Crippen molar-refractivity contribution in [3.05, 3.63) is 22.2 Å². The molecule has 1 N–H and O–H groups in total. The molecule has 2 aromatic rings. The first-order valence-corrected chi connectivity index (χ1v) is 7.19. The van der Waals surface area contributed by atoms with Gasteiger partial charge in [-0.2, -0.15) is 16.3 Å². The van der Waals surface area contributed by atoms with Crippen molar-refractivity contribution in [2.45, 2.75) is 32.1 Å². The Balaban J connectivity index is 1.79. The average molecular weight is 278 g/mol. The number of carbonyl (C=O) groups is 1. The van der Waals surface area contributed by atoms with Gasteiger partial charge in [-0.1, -0.05) is 5.16 Å². The molecule has 2 heterocycles. The predicted molar refractivity (Wildman–Crippen MR) is 70.1 cm³/mol. The number of aryl methyl sites for hydroxylation is 1. The molecule has 0 aromatic carbocycles. The predicted octanol–water partition coefficient (Wildman–Crippen LogP) is 3.07. The van der Waals surface area contributed by atoms with Crippen molar-refractivity contribution in [3.63, 3.8) is 0 Å². The zero-order chi connectivity index (χ0) is 13.4. The Morgan fingerprint density at radius 3 is 2.95 bits per heavy atom. The van der Waals surface area contributed by atoms with Crippen molar-refractivity contribution in [1.82, 2.24) is 10.1 Å². The maximum Gasteiger partial charge on any atom is 0.306 e. The Morgan fingerprint density at radius 1 is 1.47 bits per heavy atom. The molecule has 1 aliphatic carbocycles. The van der Waals surface area contributed by atoms with Crippen molar-refractivity contribution in [3.8, 4) is 11.4 Å². The monoisotopic (exact) mass is 278 g/mol. The van der Waals surface area contributed by atoms with Gasteiger partial charge in [0.25, 0.3) is 0 Å². The summed E-state index contributed by atoms with van der Waals surface area (Å²) in [4.78, 5) is 15.4. The van der Waals surface area contributed by atoms with Crippen molar-refractivity contribution < 1.29 is 14.4 Å². The third-order valence-corrected chi connectivity index (χ3v) is 4.53. The Labute approximate surface area is 114 Å². The highest BCUT2D eigenvalue weighted by atomic mass is 32.1. The standard InChI is InChI=1S/C13H14N2O3S/c1-7-5-19-6-10(7)11-14-12(18-15-11)8-2-3-9(4-8)13(16)17/h5-6,8-9H,2-4H2,1H3,(H,16,17). The van der Waals surface area contributed by atoms with Crippen molar-refractivity contribution >= 4 is 17.3 Å². The van der Waals surface area contributed by atoms with E-state index in [0.29, 0.717) is 24.6 Å². The summed E-state index contributed by atoms with van der Waals surface area (Å²) in [5, 5.41) is 17.1. The number of aromatic nitrogens is 2. The van der Waals surface area contributed by atoms with Crippen LogP contribution in [0.25, 0.3) is 11.4 Å². The highest BCUT2D eigenvalue weighted by Gasteiger charge is 2.33. The second-order valence-electron chi connectivity index (χ2n) is 4.97. The molecule has 3 rings (SSSR count). The number of hydrogen-bond acceptors (Lipinski definition) is 5. The van der Waals surface area contributed by atoms with Crippen LogP contribution in [0.3, 0.4) is 0 Å². The Hall–Kier alpha value is -1.69. The van der Waals surface area contributed by atoms with Gasteiger partial charge in [-0.25, -0.2) is 0 Å². The van der Waals surface area contributed by atoms with Gasteiger partial charge in [0, 0.05) is 16.9 Å². The molecule has 0 radical (unpaired) electrons. The molecular formula is C13H14N2O3S. The van der Waals surface area contributed by atoms with E-state index in [9.17, 15) is 4.79 Å². The lowest BCUT2D eigenvalue weighted by Gasteiger charge is -2.02. The van der Waals surface area contributed by atoms with Crippen LogP contribution in [0.15, 0.2) is 15.3 Å². The van der Waals surface area contributed by atoms with Crippen molar-refractivity contribution in [1.29, 1.82) is 0 Å². The molecule has 0 saturated heterocycles. The van der Waals surface area contributed by atoms with Gasteiger partial charge in [0.2, 0.25) is 11.7 Å². The zero-order valence-corrected chi connectivity index (χ0v) is 11.3. The molecule has 0 amide bonds. The third kappa shape index (κ3) is 2.28. The van der Waals surface area contributed by atoms with E-state index in [-0.39, 0.29) is 11.8 Å². The number of rotatable bonds is 3. The summed E-state index contributed by atoms with van der Waals surface area (Å²) in [5.74, 6) is 0.261. The number of aliphatic carboxylic acids is 1. The Bertz CT molecular complexity index is 605. The van der Waals surface area contributed by atoms with Gasteiger partial charge in [0.05, 0.1) is 5.92 Å². The Morgan fingerprint density at radius 2 is 2.32 bits per heavy atom. The molecule has 100 valence electrons. The van der Waals surface area contributed by atoms with Crippen LogP contribution in [-0.2, 0) is 4.79 Å². The quantitative estimate of drug-likeness (QED) is 0.933. The lowest BCUT2D eigenvalue weighted by molar-refractivity contribution is -0.141. The van der Waals surface area contributed by atoms with Gasteiger partial charge in [-0.3, -0.25) is 4.79 Å². The van der Waals surface area contributed by atoms with Crippen LogP contribution >= 0.6 is 11.3 Å². The molecule has 2 atom stereocenters. The molecule has 1 saturated carbocycles. The van der Waals surface area contributed by atoms with Gasteiger partial charge >= 0.3 is 5.97 Å². The maximum atomic E-state index is 10.9. The van der Waals surface area contributed by atoms with Gasteiger partial charge in [0.15, 0.2) is 0 Å². The smallest absolute Gasteiger partial charge is 0.306 e. The number of hydrogen-bond donors (Lipinski definition) is 1. The van der Waals surface area contributed by atoms with E-state index in [0.717, 1.165) is 17.5 Å². The number of carboxylic acid groups (broad SMARTS) is 1. The summed E-state index contributed by atoms with van der Waals surface area (Å²) in [6.45, 7) is 2.01. The van der Waals surface area contributed by atoms with E-state index in [2.05, 4.69) is 10.1 Å². The molecule has 2 unspecified atom stereocenters. The fraction of sp³-hybridized carbons (Fsp3) is 0.462. The summed E-state index contributed by atoms with van der Waals surface area (Å²) in [7, 11) is 0. The molecule has 19 heavy (non-hydrogen) atoms. The van der Waals surface area contributed by atoms with E-state index in [4.69, 9.17) is 9.63 Å². The SMILES string of the molecule is Cc1cscc1-c1noc(C2CCC(C(=O)O)C2)n1. The van der Waals surface area contributed by atoms with E-state index in [1.54, 1.807) is 11.3 Å². The number of thiophene rings is 1. The van der Waals surface area contributed by atoms with E-state index >= 15 is 0 Å². The summed E-state index contributed by atoms with van der Waals surface area (Å²) < 4.78 is 5.31. The van der Waals surface area contributed by atoms with Gasteiger partial charge in [0.1, 0.15) is 0 Å². The van der Waals surface area contributed by atoms with Crippen LogP contribution < -0.4 is 0 Å². The largest absolute Gasteiger partial charge is 0.481 e. The molecular weight excluding hydrogens is 264 g/mol. The van der Waals surface area contributed by atoms with E-state index < -0.39 is 5.97 Å². The summed E-state index contributed by atoms with van der Waals surface area (Å²) >= 11 is 1.61. The van der Waals surface area contributed by atoms with Crippen LogP contribution in [-0.4, -0.2) is 21.2 Å². The van der Waals surface area contributed by atoms with Crippen molar-refractivity contribution in [2.75, 3.05) is 0 Å². The second-order valence-corrected chi connectivity index (χ2v) is 5.71. The lowest BCUT2D eigenvalue weighted by Crippen LogP contribution is -2.09. The highest BCUT2D eigenvalue weighted by molar-refractivity contribution is 7.08. The number of carboxylic acids is 1. The van der Waals surface area contributed by atoms with Gasteiger partial charge in [-0.05, 0) is 37.1 Å². The Kier molecular flexibility index (Phi) is 3.10. The molecule has 2 aromatic heterocycles. The molecule has 0 bridgehead atoms. The minimum atomic E-state index is -0.726. The van der Waals surface area contributed by atoms with Crippen LogP contribution in [0, 0.1) is 12.8 Å². The van der Waals surface area contributed by atoms with Gasteiger partial charge in [-0.15, -0.1) is 0 Å². The first kappa shape index (κ1) is 12.3. The summed E-state index contributed by atoms with van der Waals surface area (Å²) in [5.41, 5.74) is 2.12. The molecule has 0 aliphatic heterocycles. The van der Waals surface area contributed by atoms with Gasteiger partial charge < -0.3 is 9.63 Å². The zero-order valence-electron chi connectivity index (χ0n) is 10.5. The second kappa shape index (κ2) is 4.77. The molecule has 5 nitrogen and oxygen atoms in total. The average Bonchev–Trinajstić information content (AvgIpc) is 3.07. The first-order valence-electron chi connectivity index (χ1n) is 6.24. The third-order valence-electron chi connectivity index (χ3n) is 3.67. The van der Waals surface area contributed by atoms with Crippen LogP contribution in [0.2, 0.25) is 0 Å². The van der Waals surface area contributed by atoms with E-state index in [1.807, 2.05) is 17.7 Å². The minimum absolute atomic E-state index is 0.0845. The summed E-state index contributed by atoms with van der Waals surface area (Å²) in [6, 6.07) is 0. The van der Waals surface area contributed by atoms with E-state index in [1.165, 1.54) is 0 Å². The normalized spacial score (nSPS) is 22.8.